The van der Waals surface area contributed by atoms with Crippen molar-refractivity contribution in [3.63, 3.8) is 0 Å². The van der Waals surface area contributed by atoms with Gasteiger partial charge in [0, 0.05) is 18.4 Å². The van der Waals surface area contributed by atoms with Gasteiger partial charge in [0.25, 0.3) is 5.78 Å². The molecular weight excluding hydrogens is 284 g/mol. The van der Waals surface area contributed by atoms with E-state index in [4.69, 9.17) is 0 Å². The summed E-state index contributed by atoms with van der Waals surface area (Å²) in [5.41, 5.74) is 1.55. The molecule has 0 unspecified atom stereocenters. The summed E-state index contributed by atoms with van der Waals surface area (Å²) in [6.45, 7) is 6.38. The Balaban J connectivity index is 1.94. The summed E-state index contributed by atoms with van der Waals surface area (Å²) in [5.74, 6) is 1.77. The Hall–Kier alpha value is -1.43. The molecule has 2 aromatic rings. The topological polar surface area (TPSA) is 60.1 Å². The van der Waals surface area contributed by atoms with Crippen LogP contribution in [0.5, 0.6) is 0 Å². The Kier molecular flexibility index (Phi) is 3.73. The molecule has 3 rings (SSSR count). The number of thioether (sulfide) groups is 1. The average Bonchev–Trinajstić information content (AvgIpc) is 2.77. The number of hydrogen-bond acceptors (Lipinski definition) is 5. The maximum atomic E-state index is 12.3. The molecule has 5 nitrogen and oxygen atoms in total. The van der Waals surface area contributed by atoms with Gasteiger partial charge in [-0.25, -0.2) is 9.50 Å². The zero-order valence-corrected chi connectivity index (χ0v) is 13.5. The molecule has 0 amide bonds. The molecule has 0 N–H and O–H groups in total. The standard InChI is InChI=1S/C15H20N4OS/c1-4-5-6-21-14-17-13-16-11-7-15(2,3)8-12(20)10(11)9-19(13)18-14/h9H,4-8H2,1-3H3. The number of aromatic nitrogens is 4. The monoisotopic (exact) mass is 304 g/mol. The van der Waals surface area contributed by atoms with E-state index in [9.17, 15) is 4.79 Å². The van der Waals surface area contributed by atoms with Gasteiger partial charge in [-0.05, 0) is 18.3 Å². The van der Waals surface area contributed by atoms with Crippen LogP contribution in [0.25, 0.3) is 5.78 Å². The SMILES string of the molecule is CCCCSc1nc2nc3c(cn2n1)C(=O)CC(C)(C)C3. The fourth-order valence-electron chi connectivity index (χ4n) is 2.62. The lowest BCUT2D eigenvalue weighted by atomic mass is 9.76. The van der Waals surface area contributed by atoms with Gasteiger partial charge in [-0.3, -0.25) is 4.79 Å². The van der Waals surface area contributed by atoms with Gasteiger partial charge < -0.3 is 0 Å². The second-order valence-electron chi connectivity index (χ2n) is 6.38. The molecule has 0 aromatic carbocycles. The molecule has 2 heterocycles. The first-order valence-corrected chi connectivity index (χ1v) is 8.39. The van der Waals surface area contributed by atoms with Crippen molar-refractivity contribution in [2.24, 2.45) is 5.41 Å². The number of carbonyl (C=O) groups excluding carboxylic acids is 1. The van der Waals surface area contributed by atoms with E-state index in [2.05, 4.69) is 35.8 Å². The highest BCUT2D eigenvalue weighted by Gasteiger charge is 2.32. The van der Waals surface area contributed by atoms with Crippen LogP contribution >= 0.6 is 11.8 Å². The summed E-state index contributed by atoms with van der Waals surface area (Å²) in [5, 5.41) is 5.16. The van der Waals surface area contributed by atoms with Crippen molar-refractivity contribution in [3.8, 4) is 0 Å². The lowest BCUT2D eigenvalue weighted by molar-refractivity contribution is 0.0909. The van der Waals surface area contributed by atoms with Crippen LogP contribution in [-0.4, -0.2) is 31.1 Å². The van der Waals surface area contributed by atoms with Crippen LogP contribution in [0, 0.1) is 5.41 Å². The predicted molar refractivity (Wildman–Crippen MR) is 82.8 cm³/mol. The van der Waals surface area contributed by atoms with E-state index in [1.807, 2.05) is 0 Å². The zero-order chi connectivity index (χ0) is 15.0. The van der Waals surface area contributed by atoms with Gasteiger partial charge in [0.15, 0.2) is 5.78 Å². The molecule has 0 fully saturated rings. The van der Waals surface area contributed by atoms with Crippen LogP contribution in [0.15, 0.2) is 11.4 Å². The molecule has 0 aliphatic heterocycles. The first kappa shape index (κ1) is 14.5. The van der Waals surface area contributed by atoms with Crippen molar-refractivity contribution in [1.29, 1.82) is 0 Å². The molecule has 6 heteroatoms. The Labute approximate surface area is 128 Å². The fraction of sp³-hybridized carbons (Fsp3) is 0.600. The molecule has 0 bridgehead atoms. The first-order valence-electron chi connectivity index (χ1n) is 7.41. The third kappa shape index (κ3) is 2.95. The minimum atomic E-state index is -0.0197. The van der Waals surface area contributed by atoms with Crippen molar-refractivity contribution in [2.45, 2.75) is 51.6 Å². The van der Waals surface area contributed by atoms with E-state index < -0.39 is 0 Å². The lowest BCUT2D eigenvalue weighted by Gasteiger charge is -2.28. The van der Waals surface area contributed by atoms with Crippen LogP contribution < -0.4 is 0 Å². The number of rotatable bonds is 4. The van der Waals surface area contributed by atoms with Crippen molar-refractivity contribution < 1.29 is 4.79 Å². The third-order valence-corrected chi connectivity index (χ3v) is 4.63. The molecule has 2 aromatic heterocycles. The molecule has 1 aliphatic rings. The largest absolute Gasteiger partial charge is 0.294 e. The highest BCUT2D eigenvalue weighted by Crippen LogP contribution is 2.33. The molecule has 0 saturated carbocycles. The summed E-state index contributed by atoms with van der Waals surface area (Å²) in [7, 11) is 0. The number of fused-ring (bicyclic) bond motifs is 2. The average molecular weight is 304 g/mol. The summed E-state index contributed by atoms with van der Waals surface area (Å²) < 4.78 is 1.64. The van der Waals surface area contributed by atoms with Gasteiger partial charge >= 0.3 is 0 Å². The molecule has 0 atom stereocenters. The molecule has 21 heavy (non-hydrogen) atoms. The molecule has 112 valence electrons. The normalized spacial score (nSPS) is 17.2. The number of nitrogens with zero attached hydrogens (tertiary/aromatic N) is 4. The van der Waals surface area contributed by atoms with Crippen LogP contribution in [0.3, 0.4) is 0 Å². The summed E-state index contributed by atoms with van der Waals surface area (Å²) in [6, 6.07) is 0. The number of carbonyl (C=O) groups is 1. The van der Waals surface area contributed by atoms with Crippen LogP contribution in [0.2, 0.25) is 0 Å². The van der Waals surface area contributed by atoms with E-state index in [1.165, 1.54) is 0 Å². The second kappa shape index (κ2) is 5.40. The smallest absolute Gasteiger partial charge is 0.253 e. The summed E-state index contributed by atoms with van der Waals surface area (Å²) in [6.07, 6.45) is 5.50. The Bertz CT molecular complexity index is 692. The molecular formula is C15H20N4OS. The Morgan fingerprint density at radius 3 is 2.90 bits per heavy atom. The molecule has 0 saturated heterocycles. The number of Topliss-reactive ketones (excluding diaryl/α,β-unsaturated/α-hetero) is 1. The van der Waals surface area contributed by atoms with Crippen LogP contribution in [-0.2, 0) is 6.42 Å². The minimum absolute atomic E-state index is 0.0197. The molecule has 1 aliphatic carbocycles. The first-order chi connectivity index (χ1) is 9.98. The Morgan fingerprint density at radius 1 is 1.33 bits per heavy atom. The van der Waals surface area contributed by atoms with Crippen molar-refractivity contribution in [3.05, 3.63) is 17.5 Å². The summed E-state index contributed by atoms with van der Waals surface area (Å²) in [4.78, 5) is 21.3. The highest BCUT2D eigenvalue weighted by molar-refractivity contribution is 7.99. The Morgan fingerprint density at radius 2 is 2.14 bits per heavy atom. The van der Waals surface area contributed by atoms with Gasteiger partial charge in [0.05, 0.1) is 11.3 Å². The number of ketones is 1. The number of unbranched alkanes of at least 4 members (excludes halogenated alkanes) is 1. The highest BCUT2D eigenvalue weighted by atomic mass is 32.2. The van der Waals surface area contributed by atoms with E-state index in [0.717, 1.165) is 35.9 Å². The number of hydrogen-bond donors (Lipinski definition) is 0. The van der Waals surface area contributed by atoms with Crippen molar-refractivity contribution in [1.82, 2.24) is 19.6 Å². The van der Waals surface area contributed by atoms with Crippen molar-refractivity contribution in [2.75, 3.05) is 5.75 Å². The van der Waals surface area contributed by atoms with Crippen LogP contribution in [0.4, 0.5) is 0 Å². The third-order valence-electron chi connectivity index (χ3n) is 3.71. The van der Waals surface area contributed by atoms with E-state index in [-0.39, 0.29) is 11.2 Å². The van der Waals surface area contributed by atoms with Gasteiger partial charge in [-0.2, -0.15) is 4.98 Å². The quantitative estimate of drug-likeness (QED) is 0.641. The van der Waals surface area contributed by atoms with Gasteiger partial charge in [-0.15, -0.1) is 5.10 Å². The minimum Gasteiger partial charge on any atom is -0.294 e. The van der Waals surface area contributed by atoms with Gasteiger partial charge in [0.1, 0.15) is 0 Å². The predicted octanol–water partition coefficient (Wildman–Crippen LogP) is 3.17. The van der Waals surface area contributed by atoms with Gasteiger partial charge in [-0.1, -0.05) is 39.0 Å². The van der Waals surface area contributed by atoms with Crippen molar-refractivity contribution >= 4 is 23.3 Å². The molecule has 0 radical (unpaired) electrons. The zero-order valence-electron chi connectivity index (χ0n) is 12.7. The van der Waals surface area contributed by atoms with E-state index in [0.29, 0.717) is 17.8 Å². The van der Waals surface area contributed by atoms with E-state index in [1.54, 1.807) is 22.5 Å². The fourth-order valence-corrected chi connectivity index (χ4v) is 3.53. The maximum absolute atomic E-state index is 12.3. The second-order valence-corrected chi connectivity index (χ2v) is 7.45. The van der Waals surface area contributed by atoms with E-state index >= 15 is 0 Å². The maximum Gasteiger partial charge on any atom is 0.253 e. The van der Waals surface area contributed by atoms with Gasteiger partial charge in [0.2, 0.25) is 5.16 Å². The lowest BCUT2D eigenvalue weighted by Crippen LogP contribution is -2.28. The van der Waals surface area contributed by atoms with Crippen LogP contribution in [0.1, 0.15) is 56.1 Å². The summed E-state index contributed by atoms with van der Waals surface area (Å²) >= 11 is 1.65. The molecule has 0 spiro atoms.